The van der Waals surface area contributed by atoms with E-state index in [1.807, 2.05) is 48.5 Å². The Morgan fingerprint density at radius 2 is 1.88 bits per heavy atom. The quantitative estimate of drug-likeness (QED) is 0.896. The highest BCUT2D eigenvalue weighted by atomic mass is 16.5. The monoisotopic (exact) mass is 325 g/mol. The maximum atomic E-state index is 11.3. The number of hydrogen-bond donors (Lipinski definition) is 1. The summed E-state index contributed by atoms with van der Waals surface area (Å²) < 4.78 is 5.88. The van der Waals surface area contributed by atoms with Gasteiger partial charge in [0.15, 0.2) is 0 Å². The Hall–Kier alpha value is -2.33. The third-order valence-corrected chi connectivity index (χ3v) is 4.62. The van der Waals surface area contributed by atoms with Crippen molar-refractivity contribution in [2.45, 2.75) is 32.4 Å². The van der Waals surface area contributed by atoms with Crippen LogP contribution in [-0.2, 0) is 11.3 Å². The summed E-state index contributed by atoms with van der Waals surface area (Å²) >= 11 is 0. The molecule has 24 heavy (non-hydrogen) atoms. The molecule has 0 aromatic heterocycles. The summed E-state index contributed by atoms with van der Waals surface area (Å²) in [4.78, 5) is 13.5. The molecule has 1 aliphatic rings. The Balaban J connectivity index is 1.68. The molecule has 0 spiro atoms. The number of aliphatic carboxylic acids is 1. The fraction of sp³-hybridized carbons (Fsp3) is 0.350. The molecule has 0 saturated carbocycles. The molecule has 2 aromatic carbocycles. The van der Waals surface area contributed by atoms with Gasteiger partial charge in [0.1, 0.15) is 11.5 Å². The first-order chi connectivity index (χ1) is 11.6. The third-order valence-electron chi connectivity index (χ3n) is 4.62. The number of carboxylic acid groups (broad SMARTS) is 1. The third kappa shape index (κ3) is 4.15. The second-order valence-corrected chi connectivity index (χ2v) is 6.45. The van der Waals surface area contributed by atoms with E-state index in [2.05, 4.69) is 17.9 Å². The van der Waals surface area contributed by atoms with E-state index in [9.17, 15) is 9.90 Å². The van der Waals surface area contributed by atoms with Crippen molar-refractivity contribution >= 4 is 5.97 Å². The number of carboxylic acids is 1. The zero-order valence-electron chi connectivity index (χ0n) is 13.9. The van der Waals surface area contributed by atoms with Crippen LogP contribution in [0.4, 0.5) is 0 Å². The predicted molar refractivity (Wildman–Crippen MR) is 93.2 cm³/mol. The maximum absolute atomic E-state index is 11.3. The van der Waals surface area contributed by atoms with E-state index in [0.29, 0.717) is 12.6 Å². The van der Waals surface area contributed by atoms with Gasteiger partial charge >= 0.3 is 5.97 Å². The van der Waals surface area contributed by atoms with Gasteiger partial charge in [-0.1, -0.05) is 30.3 Å². The van der Waals surface area contributed by atoms with Crippen LogP contribution in [0.2, 0.25) is 0 Å². The summed E-state index contributed by atoms with van der Waals surface area (Å²) in [6.45, 7) is 3.53. The smallest absolute Gasteiger partial charge is 0.307 e. The number of carbonyl (C=O) groups is 1. The van der Waals surface area contributed by atoms with Crippen LogP contribution in [0.15, 0.2) is 54.6 Å². The van der Waals surface area contributed by atoms with Crippen molar-refractivity contribution in [1.82, 2.24) is 4.90 Å². The van der Waals surface area contributed by atoms with E-state index in [1.54, 1.807) is 0 Å². The standard InChI is InChI=1S/C20H23NO3/c1-15-10-11-17(20(22)23)14-21(15)13-16-6-5-9-19(12-16)24-18-7-3-2-4-8-18/h2-9,12,15,17H,10-11,13-14H2,1H3,(H,22,23). The lowest BCUT2D eigenvalue weighted by molar-refractivity contribution is -0.144. The summed E-state index contributed by atoms with van der Waals surface area (Å²) in [6.07, 6.45) is 1.70. The van der Waals surface area contributed by atoms with Crippen molar-refractivity contribution < 1.29 is 14.6 Å². The average molecular weight is 325 g/mol. The van der Waals surface area contributed by atoms with Gasteiger partial charge in [0.25, 0.3) is 0 Å². The molecule has 2 atom stereocenters. The zero-order chi connectivity index (χ0) is 16.9. The number of piperidine rings is 1. The van der Waals surface area contributed by atoms with Crippen LogP contribution in [0.3, 0.4) is 0 Å². The van der Waals surface area contributed by atoms with E-state index in [-0.39, 0.29) is 5.92 Å². The molecule has 126 valence electrons. The Kier molecular flexibility index (Phi) is 5.16. The van der Waals surface area contributed by atoms with E-state index in [4.69, 9.17) is 4.74 Å². The van der Waals surface area contributed by atoms with E-state index >= 15 is 0 Å². The van der Waals surface area contributed by atoms with E-state index in [1.165, 1.54) is 0 Å². The number of rotatable bonds is 5. The first-order valence-electron chi connectivity index (χ1n) is 8.40. The van der Waals surface area contributed by atoms with Crippen LogP contribution < -0.4 is 4.74 Å². The van der Waals surface area contributed by atoms with Crippen molar-refractivity contribution in [2.24, 2.45) is 5.92 Å². The molecular formula is C20H23NO3. The SMILES string of the molecule is CC1CCC(C(=O)O)CN1Cc1cccc(Oc2ccccc2)c1. The van der Waals surface area contributed by atoms with Crippen LogP contribution in [0.25, 0.3) is 0 Å². The minimum atomic E-state index is -0.687. The Bertz CT molecular complexity index is 686. The molecule has 0 aliphatic carbocycles. The van der Waals surface area contributed by atoms with E-state index < -0.39 is 5.97 Å². The number of likely N-dealkylation sites (tertiary alicyclic amines) is 1. The maximum Gasteiger partial charge on any atom is 0.307 e. The predicted octanol–water partition coefficient (Wildman–Crippen LogP) is 4.16. The lowest BCUT2D eigenvalue weighted by Gasteiger charge is -2.36. The molecule has 0 bridgehead atoms. The van der Waals surface area contributed by atoms with Gasteiger partial charge in [-0.05, 0) is 49.6 Å². The highest BCUT2D eigenvalue weighted by molar-refractivity contribution is 5.70. The largest absolute Gasteiger partial charge is 0.481 e. The normalized spacial score (nSPS) is 21.4. The number of hydrogen-bond acceptors (Lipinski definition) is 3. The number of benzene rings is 2. The van der Waals surface area contributed by atoms with Crippen molar-refractivity contribution in [1.29, 1.82) is 0 Å². The van der Waals surface area contributed by atoms with Crippen molar-refractivity contribution in [3.63, 3.8) is 0 Å². The molecule has 2 unspecified atom stereocenters. The summed E-state index contributed by atoms with van der Waals surface area (Å²) in [7, 11) is 0. The Morgan fingerprint density at radius 1 is 1.12 bits per heavy atom. The summed E-state index contributed by atoms with van der Waals surface area (Å²) in [5, 5.41) is 9.27. The number of nitrogens with zero attached hydrogens (tertiary/aromatic N) is 1. The Labute approximate surface area is 142 Å². The van der Waals surface area contributed by atoms with Crippen LogP contribution in [0, 0.1) is 5.92 Å². The number of para-hydroxylation sites is 1. The van der Waals surface area contributed by atoms with Gasteiger partial charge in [0.2, 0.25) is 0 Å². The minimum absolute atomic E-state index is 0.259. The second kappa shape index (κ2) is 7.49. The molecule has 1 aliphatic heterocycles. The Morgan fingerprint density at radius 3 is 2.62 bits per heavy atom. The summed E-state index contributed by atoms with van der Waals surface area (Å²) in [6, 6.07) is 18.1. The highest BCUT2D eigenvalue weighted by Crippen LogP contribution is 2.26. The molecule has 0 amide bonds. The van der Waals surface area contributed by atoms with Crippen molar-refractivity contribution in [3.05, 3.63) is 60.2 Å². The fourth-order valence-electron chi connectivity index (χ4n) is 3.17. The van der Waals surface area contributed by atoms with Crippen LogP contribution in [0.1, 0.15) is 25.3 Å². The minimum Gasteiger partial charge on any atom is -0.481 e. The average Bonchev–Trinajstić information content (AvgIpc) is 2.58. The highest BCUT2D eigenvalue weighted by Gasteiger charge is 2.29. The van der Waals surface area contributed by atoms with Gasteiger partial charge in [-0.2, -0.15) is 0 Å². The van der Waals surface area contributed by atoms with E-state index in [0.717, 1.165) is 36.4 Å². The van der Waals surface area contributed by atoms with Crippen LogP contribution in [-0.4, -0.2) is 28.6 Å². The lowest BCUT2D eigenvalue weighted by atomic mass is 9.93. The molecule has 0 radical (unpaired) electrons. The topological polar surface area (TPSA) is 49.8 Å². The van der Waals surface area contributed by atoms with Gasteiger partial charge < -0.3 is 9.84 Å². The van der Waals surface area contributed by atoms with Crippen LogP contribution in [0.5, 0.6) is 11.5 Å². The number of ether oxygens (including phenoxy) is 1. The molecule has 1 heterocycles. The summed E-state index contributed by atoms with van der Waals surface area (Å²) in [5.41, 5.74) is 1.14. The molecule has 1 N–H and O–H groups in total. The molecule has 3 rings (SSSR count). The fourth-order valence-corrected chi connectivity index (χ4v) is 3.17. The molecule has 4 heteroatoms. The van der Waals surface area contributed by atoms with Crippen molar-refractivity contribution in [3.8, 4) is 11.5 Å². The van der Waals surface area contributed by atoms with Crippen molar-refractivity contribution in [2.75, 3.05) is 6.54 Å². The molecule has 1 saturated heterocycles. The molecule has 2 aromatic rings. The first-order valence-corrected chi connectivity index (χ1v) is 8.40. The van der Waals surface area contributed by atoms with Gasteiger partial charge in [0, 0.05) is 19.1 Å². The first kappa shape index (κ1) is 16.5. The molecular weight excluding hydrogens is 302 g/mol. The van der Waals surface area contributed by atoms with Crippen LogP contribution >= 0.6 is 0 Å². The second-order valence-electron chi connectivity index (χ2n) is 6.45. The van der Waals surface area contributed by atoms with Gasteiger partial charge in [-0.3, -0.25) is 9.69 Å². The molecule has 4 nitrogen and oxygen atoms in total. The van der Waals surface area contributed by atoms with Gasteiger partial charge in [-0.25, -0.2) is 0 Å². The lowest BCUT2D eigenvalue weighted by Crippen LogP contribution is -2.43. The van der Waals surface area contributed by atoms with Gasteiger partial charge in [0.05, 0.1) is 5.92 Å². The summed E-state index contributed by atoms with van der Waals surface area (Å²) in [5.74, 6) is 0.670. The zero-order valence-corrected chi connectivity index (χ0v) is 13.9. The van der Waals surface area contributed by atoms with Gasteiger partial charge in [-0.15, -0.1) is 0 Å². The molecule has 1 fully saturated rings.